The van der Waals surface area contributed by atoms with Crippen molar-refractivity contribution in [3.8, 4) is 0 Å². The molecule has 3 heteroatoms. The van der Waals surface area contributed by atoms with Crippen molar-refractivity contribution in [1.82, 2.24) is 0 Å². The molecule has 2 aromatic carbocycles. The van der Waals surface area contributed by atoms with Crippen LogP contribution in [0, 0.1) is 5.92 Å². The average molecular weight is 328 g/mol. The van der Waals surface area contributed by atoms with Crippen molar-refractivity contribution in [3.05, 3.63) is 70.4 Å². The molecule has 0 aromatic heterocycles. The lowest BCUT2D eigenvalue weighted by molar-refractivity contribution is 0.240. The van der Waals surface area contributed by atoms with E-state index in [9.17, 15) is 0 Å². The first-order chi connectivity index (χ1) is 9.83. The molecule has 0 aliphatic carbocycles. The molecule has 1 N–H and O–H groups in total. The first kappa shape index (κ1) is 12.0. The molecule has 0 saturated heterocycles. The van der Waals surface area contributed by atoms with Crippen LogP contribution in [-0.4, -0.2) is 6.61 Å². The molecule has 2 nitrogen and oxygen atoms in total. The zero-order chi connectivity index (χ0) is 13.5. The van der Waals surface area contributed by atoms with Crippen molar-refractivity contribution in [2.45, 2.75) is 6.04 Å². The minimum atomic E-state index is 0.277. The Hall–Kier alpha value is -1.74. The summed E-state index contributed by atoms with van der Waals surface area (Å²) in [7, 11) is 0. The van der Waals surface area contributed by atoms with E-state index in [1.165, 1.54) is 22.4 Å². The highest BCUT2D eigenvalue weighted by Crippen LogP contribution is 2.47. The predicted molar refractivity (Wildman–Crippen MR) is 84.4 cm³/mol. The van der Waals surface area contributed by atoms with Crippen LogP contribution in [0.15, 0.2) is 59.3 Å². The fraction of sp³-hybridized carbons (Fsp3) is 0.176. The maximum atomic E-state index is 5.62. The summed E-state index contributed by atoms with van der Waals surface area (Å²) in [5.74, 6) is 0.374. The maximum absolute atomic E-state index is 5.62. The molecule has 2 unspecified atom stereocenters. The summed E-state index contributed by atoms with van der Waals surface area (Å²) < 4.78 is 6.72. The van der Waals surface area contributed by atoms with Gasteiger partial charge in [0.25, 0.3) is 0 Å². The van der Waals surface area contributed by atoms with E-state index in [0.717, 1.165) is 11.1 Å². The Morgan fingerprint density at radius 1 is 1.10 bits per heavy atom. The summed E-state index contributed by atoms with van der Waals surface area (Å²) in [6.45, 7) is 0.744. The van der Waals surface area contributed by atoms with Gasteiger partial charge in [0.05, 0.1) is 18.9 Å². The van der Waals surface area contributed by atoms with Gasteiger partial charge < -0.3 is 10.1 Å². The summed E-state index contributed by atoms with van der Waals surface area (Å²) >= 11 is 3.55. The number of anilines is 1. The molecule has 0 radical (unpaired) electrons. The molecule has 0 amide bonds. The largest absolute Gasteiger partial charge is 0.500 e. The smallest absolute Gasteiger partial charge is 0.0966 e. The number of halogens is 1. The summed E-state index contributed by atoms with van der Waals surface area (Å²) in [4.78, 5) is 0. The number of hydrogen-bond donors (Lipinski definition) is 1. The van der Waals surface area contributed by atoms with Crippen LogP contribution in [-0.2, 0) is 4.74 Å². The van der Waals surface area contributed by atoms with Gasteiger partial charge in [-0.05, 0) is 23.8 Å². The second-order valence-electron chi connectivity index (χ2n) is 5.24. The van der Waals surface area contributed by atoms with Crippen LogP contribution < -0.4 is 5.32 Å². The fourth-order valence-corrected chi connectivity index (χ4v) is 3.44. The first-order valence-corrected chi connectivity index (χ1v) is 7.55. The molecule has 100 valence electrons. The van der Waals surface area contributed by atoms with Crippen molar-refractivity contribution >= 4 is 27.2 Å². The van der Waals surface area contributed by atoms with Crippen LogP contribution in [0.2, 0.25) is 0 Å². The van der Waals surface area contributed by atoms with Crippen molar-refractivity contribution in [3.63, 3.8) is 0 Å². The van der Waals surface area contributed by atoms with Gasteiger partial charge in [-0.3, -0.25) is 0 Å². The standard InChI is InChI=1S/C17H14BrNO/c18-12-6-7-16-13(8-12)14-9-20-10-15(14)17(19-16)11-4-2-1-3-5-11/h1-9,15,17,19H,10H2. The molecule has 2 aromatic rings. The second-order valence-corrected chi connectivity index (χ2v) is 6.15. The van der Waals surface area contributed by atoms with Crippen molar-refractivity contribution in [2.75, 3.05) is 11.9 Å². The Labute approximate surface area is 126 Å². The van der Waals surface area contributed by atoms with Crippen LogP contribution in [0.25, 0.3) is 5.57 Å². The predicted octanol–water partition coefficient (Wildman–Crippen LogP) is 4.60. The highest BCUT2D eigenvalue weighted by Gasteiger charge is 2.36. The molecule has 0 spiro atoms. The topological polar surface area (TPSA) is 21.3 Å². The lowest BCUT2D eigenvalue weighted by atomic mass is 9.81. The van der Waals surface area contributed by atoms with Gasteiger partial charge in [0, 0.05) is 27.2 Å². The molecule has 2 atom stereocenters. The Bertz CT molecular complexity index is 681. The van der Waals surface area contributed by atoms with Crippen molar-refractivity contribution < 1.29 is 4.74 Å². The summed E-state index contributed by atoms with van der Waals surface area (Å²) in [5, 5.41) is 3.67. The number of ether oxygens (including phenoxy) is 1. The number of hydrogen-bond acceptors (Lipinski definition) is 2. The van der Waals surface area contributed by atoms with Crippen LogP contribution >= 0.6 is 15.9 Å². The summed E-state index contributed by atoms with van der Waals surface area (Å²) in [6, 6.07) is 17.2. The SMILES string of the molecule is Brc1ccc2c(c1)C1=COCC1C(c1ccccc1)N2. The third-order valence-electron chi connectivity index (χ3n) is 4.05. The minimum absolute atomic E-state index is 0.277. The number of benzene rings is 2. The highest BCUT2D eigenvalue weighted by molar-refractivity contribution is 9.10. The maximum Gasteiger partial charge on any atom is 0.0966 e. The quantitative estimate of drug-likeness (QED) is 0.826. The average Bonchev–Trinajstić information content (AvgIpc) is 2.97. The molecule has 0 saturated carbocycles. The van der Waals surface area contributed by atoms with E-state index in [0.29, 0.717) is 5.92 Å². The van der Waals surface area contributed by atoms with Gasteiger partial charge in [-0.2, -0.15) is 0 Å². The molecule has 2 aliphatic heterocycles. The lowest BCUT2D eigenvalue weighted by Crippen LogP contribution is -2.27. The zero-order valence-electron chi connectivity index (χ0n) is 10.8. The molecular weight excluding hydrogens is 314 g/mol. The van der Waals surface area contributed by atoms with E-state index < -0.39 is 0 Å². The summed E-state index contributed by atoms with van der Waals surface area (Å²) in [5.41, 5.74) is 5.03. The molecule has 2 aliphatic rings. The van der Waals surface area contributed by atoms with Crippen LogP contribution in [0.4, 0.5) is 5.69 Å². The second kappa shape index (κ2) is 4.67. The van der Waals surface area contributed by atoms with E-state index in [-0.39, 0.29) is 6.04 Å². The lowest BCUT2D eigenvalue weighted by Gasteiger charge is -2.33. The Balaban J connectivity index is 1.83. The molecule has 0 bridgehead atoms. The van der Waals surface area contributed by atoms with Gasteiger partial charge in [0.1, 0.15) is 0 Å². The number of rotatable bonds is 1. The van der Waals surface area contributed by atoms with Crippen LogP contribution in [0.3, 0.4) is 0 Å². The molecular formula is C17H14BrNO. The summed E-state index contributed by atoms with van der Waals surface area (Å²) in [6.07, 6.45) is 1.92. The van der Waals surface area contributed by atoms with Gasteiger partial charge in [0.15, 0.2) is 0 Å². The highest BCUT2D eigenvalue weighted by atomic mass is 79.9. The molecule has 2 heterocycles. The van der Waals surface area contributed by atoms with Gasteiger partial charge in [0.2, 0.25) is 0 Å². The van der Waals surface area contributed by atoms with Crippen LogP contribution in [0.1, 0.15) is 17.2 Å². The number of fused-ring (bicyclic) bond motifs is 3. The van der Waals surface area contributed by atoms with E-state index >= 15 is 0 Å². The molecule has 0 fully saturated rings. The normalized spacial score (nSPS) is 23.1. The first-order valence-electron chi connectivity index (χ1n) is 6.76. The zero-order valence-corrected chi connectivity index (χ0v) is 12.4. The van der Waals surface area contributed by atoms with Crippen molar-refractivity contribution in [2.24, 2.45) is 5.92 Å². The minimum Gasteiger partial charge on any atom is -0.500 e. The monoisotopic (exact) mass is 327 g/mol. The van der Waals surface area contributed by atoms with E-state index in [1.54, 1.807) is 0 Å². The van der Waals surface area contributed by atoms with E-state index in [2.05, 4.69) is 69.8 Å². The Morgan fingerprint density at radius 2 is 1.95 bits per heavy atom. The van der Waals surface area contributed by atoms with Gasteiger partial charge in [-0.1, -0.05) is 46.3 Å². The van der Waals surface area contributed by atoms with Gasteiger partial charge in [-0.15, -0.1) is 0 Å². The third kappa shape index (κ3) is 1.85. The van der Waals surface area contributed by atoms with E-state index in [1.807, 2.05) is 6.26 Å². The van der Waals surface area contributed by atoms with E-state index in [4.69, 9.17) is 4.74 Å². The van der Waals surface area contributed by atoms with Gasteiger partial charge in [-0.25, -0.2) is 0 Å². The molecule has 20 heavy (non-hydrogen) atoms. The fourth-order valence-electron chi connectivity index (χ4n) is 3.08. The third-order valence-corrected chi connectivity index (χ3v) is 4.54. The van der Waals surface area contributed by atoms with Crippen LogP contribution in [0.5, 0.6) is 0 Å². The van der Waals surface area contributed by atoms with Crippen molar-refractivity contribution in [1.29, 1.82) is 0 Å². The number of nitrogens with one attached hydrogen (secondary N) is 1. The Morgan fingerprint density at radius 3 is 2.80 bits per heavy atom. The Kier molecular flexibility index (Phi) is 2.81. The van der Waals surface area contributed by atoms with Gasteiger partial charge >= 0.3 is 0 Å². The molecule has 4 rings (SSSR count).